The van der Waals surface area contributed by atoms with Crippen LogP contribution in [0.2, 0.25) is 5.15 Å². The first-order valence-corrected chi connectivity index (χ1v) is 6.51. The van der Waals surface area contributed by atoms with Gasteiger partial charge in [0.2, 0.25) is 0 Å². The number of aromatic nitrogens is 2. The third kappa shape index (κ3) is 2.39. The summed E-state index contributed by atoms with van der Waals surface area (Å²) < 4.78 is 0. The number of hydrogen-bond acceptors (Lipinski definition) is 2. The van der Waals surface area contributed by atoms with Gasteiger partial charge in [0.05, 0.1) is 0 Å². The van der Waals surface area contributed by atoms with Gasteiger partial charge >= 0.3 is 0 Å². The molecule has 2 aromatic rings. The van der Waals surface area contributed by atoms with Crippen molar-refractivity contribution in [1.29, 1.82) is 0 Å². The maximum Gasteiger partial charge on any atom is 0.161 e. The highest BCUT2D eigenvalue weighted by molar-refractivity contribution is 6.30. The average Bonchev–Trinajstić information content (AvgIpc) is 2.28. The van der Waals surface area contributed by atoms with Gasteiger partial charge in [0, 0.05) is 16.8 Å². The summed E-state index contributed by atoms with van der Waals surface area (Å²) in [6.45, 7) is 8.20. The number of halogens is 1. The predicted octanol–water partition coefficient (Wildman–Crippen LogP) is 4.28. The van der Waals surface area contributed by atoms with Crippen LogP contribution >= 0.6 is 11.6 Å². The summed E-state index contributed by atoms with van der Waals surface area (Å²) in [4.78, 5) is 8.99. The van der Waals surface area contributed by atoms with Crippen LogP contribution in [0.15, 0.2) is 18.2 Å². The maximum absolute atomic E-state index is 6.22. The molecule has 0 bridgehead atoms. The molecule has 0 saturated carbocycles. The van der Waals surface area contributed by atoms with Crippen LogP contribution in [0.25, 0.3) is 11.4 Å². The van der Waals surface area contributed by atoms with Crippen LogP contribution in [0.5, 0.6) is 0 Å². The molecule has 18 heavy (non-hydrogen) atoms. The summed E-state index contributed by atoms with van der Waals surface area (Å²) in [6.07, 6.45) is 0.859. The van der Waals surface area contributed by atoms with Crippen molar-refractivity contribution in [2.45, 2.75) is 34.1 Å². The van der Waals surface area contributed by atoms with Crippen LogP contribution in [-0.2, 0) is 6.42 Å². The second kappa shape index (κ2) is 5.07. The molecule has 0 N–H and O–H groups in total. The van der Waals surface area contributed by atoms with Gasteiger partial charge in [0.1, 0.15) is 5.15 Å². The van der Waals surface area contributed by atoms with E-state index in [1.54, 1.807) is 0 Å². The van der Waals surface area contributed by atoms with Gasteiger partial charge in [-0.25, -0.2) is 9.97 Å². The molecule has 0 unspecified atom stereocenters. The number of nitrogens with zero attached hydrogens (tertiary/aromatic N) is 2. The molecule has 0 fully saturated rings. The summed E-state index contributed by atoms with van der Waals surface area (Å²) in [5.41, 5.74) is 5.46. The van der Waals surface area contributed by atoms with E-state index in [9.17, 15) is 0 Å². The van der Waals surface area contributed by atoms with E-state index >= 15 is 0 Å². The van der Waals surface area contributed by atoms with E-state index in [1.165, 1.54) is 11.1 Å². The van der Waals surface area contributed by atoms with Crippen LogP contribution < -0.4 is 0 Å². The molecule has 0 amide bonds. The van der Waals surface area contributed by atoms with E-state index < -0.39 is 0 Å². The van der Waals surface area contributed by atoms with Gasteiger partial charge < -0.3 is 0 Å². The molecule has 3 heteroatoms. The molecular weight excluding hydrogens is 244 g/mol. The monoisotopic (exact) mass is 260 g/mol. The van der Waals surface area contributed by atoms with E-state index in [2.05, 4.69) is 48.9 Å². The molecule has 2 nitrogen and oxygen atoms in total. The van der Waals surface area contributed by atoms with Gasteiger partial charge in [-0.15, -0.1) is 0 Å². The summed E-state index contributed by atoms with van der Waals surface area (Å²) in [5.74, 6) is 0.715. The minimum Gasteiger partial charge on any atom is -0.233 e. The van der Waals surface area contributed by atoms with Crippen LogP contribution in [-0.4, -0.2) is 9.97 Å². The zero-order valence-electron chi connectivity index (χ0n) is 11.2. The van der Waals surface area contributed by atoms with Crippen molar-refractivity contribution >= 4 is 11.6 Å². The fourth-order valence-corrected chi connectivity index (χ4v) is 2.50. The molecule has 0 atom stereocenters. The Morgan fingerprint density at radius 1 is 1.11 bits per heavy atom. The first-order chi connectivity index (χ1) is 8.52. The Balaban J connectivity index is 2.58. The van der Waals surface area contributed by atoms with E-state index in [1.807, 2.05) is 6.92 Å². The fraction of sp³-hybridized carbons (Fsp3) is 0.333. The Morgan fingerprint density at radius 3 is 2.39 bits per heavy atom. The van der Waals surface area contributed by atoms with Crippen molar-refractivity contribution in [3.8, 4) is 11.4 Å². The summed E-state index contributed by atoms with van der Waals surface area (Å²) in [7, 11) is 0. The van der Waals surface area contributed by atoms with Crippen LogP contribution in [0, 0.1) is 20.8 Å². The highest BCUT2D eigenvalue weighted by Crippen LogP contribution is 2.25. The lowest BCUT2D eigenvalue weighted by Crippen LogP contribution is -2.00. The maximum atomic E-state index is 6.22. The molecule has 94 valence electrons. The second-order valence-corrected chi connectivity index (χ2v) is 4.93. The third-order valence-electron chi connectivity index (χ3n) is 3.14. The molecule has 1 aromatic carbocycles. The standard InChI is InChI=1S/C15H17ClN2/c1-5-12-11(4)17-15(18-14(12)16)13-7-6-9(2)8-10(13)3/h6-8H,5H2,1-4H3. The van der Waals surface area contributed by atoms with Crippen molar-refractivity contribution < 1.29 is 0 Å². The molecule has 2 rings (SSSR count). The minimum absolute atomic E-state index is 0.569. The summed E-state index contributed by atoms with van der Waals surface area (Å²) in [5, 5.41) is 0.569. The van der Waals surface area contributed by atoms with Crippen molar-refractivity contribution in [2.24, 2.45) is 0 Å². The molecule has 0 aliphatic carbocycles. The largest absolute Gasteiger partial charge is 0.233 e. The molecule has 1 aromatic heterocycles. The fourth-order valence-electron chi connectivity index (χ4n) is 2.15. The Bertz CT molecular complexity index is 568. The third-order valence-corrected chi connectivity index (χ3v) is 3.45. The van der Waals surface area contributed by atoms with E-state index in [-0.39, 0.29) is 0 Å². The zero-order valence-corrected chi connectivity index (χ0v) is 12.0. The quantitative estimate of drug-likeness (QED) is 0.753. The Morgan fingerprint density at radius 2 is 1.83 bits per heavy atom. The van der Waals surface area contributed by atoms with Gasteiger partial charge in [-0.2, -0.15) is 0 Å². The Labute approximate surface area is 113 Å². The lowest BCUT2D eigenvalue weighted by Gasteiger charge is -2.10. The van der Waals surface area contributed by atoms with Crippen LogP contribution in [0.3, 0.4) is 0 Å². The molecule has 1 heterocycles. The molecule has 0 saturated heterocycles. The van der Waals surface area contributed by atoms with Crippen LogP contribution in [0.1, 0.15) is 29.3 Å². The topological polar surface area (TPSA) is 25.8 Å². The lowest BCUT2D eigenvalue weighted by atomic mass is 10.0. The number of aryl methyl sites for hydroxylation is 3. The molecule has 0 aliphatic rings. The predicted molar refractivity (Wildman–Crippen MR) is 76.1 cm³/mol. The van der Waals surface area contributed by atoms with E-state index in [0.29, 0.717) is 11.0 Å². The van der Waals surface area contributed by atoms with Gasteiger partial charge in [0.15, 0.2) is 5.82 Å². The van der Waals surface area contributed by atoms with E-state index in [0.717, 1.165) is 23.2 Å². The number of hydrogen-bond donors (Lipinski definition) is 0. The summed E-state index contributed by atoms with van der Waals surface area (Å²) in [6, 6.07) is 6.26. The Hall–Kier alpha value is -1.41. The first kappa shape index (κ1) is 13.0. The minimum atomic E-state index is 0.569. The SMILES string of the molecule is CCc1c(C)nc(-c2ccc(C)cc2C)nc1Cl. The van der Waals surface area contributed by atoms with E-state index in [4.69, 9.17) is 11.6 Å². The smallest absolute Gasteiger partial charge is 0.161 e. The average molecular weight is 261 g/mol. The second-order valence-electron chi connectivity index (χ2n) is 4.57. The number of benzene rings is 1. The van der Waals surface area contributed by atoms with Crippen molar-refractivity contribution in [1.82, 2.24) is 9.97 Å². The highest BCUT2D eigenvalue weighted by Gasteiger charge is 2.11. The normalized spacial score (nSPS) is 10.7. The van der Waals surface area contributed by atoms with Crippen LogP contribution in [0.4, 0.5) is 0 Å². The molecular formula is C15H17ClN2. The molecule has 0 spiro atoms. The molecule has 0 radical (unpaired) electrons. The van der Waals surface area contributed by atoms with Crippen molar-refractivity contribution in [3.05, 3.63) is 45.7 Å². The Kier molecular flexibility index (Phi) is 3.67. The lowest BCUT2D eigenvalue weighted by molar-refractivity contribution is 1.00. The van der Waals surface area contributed by atoms with Crippen molar-refractivity contribution in [2.75, 3.05) is 0 Å². The molecule has 0 aliphatic heterocycles. The summed E-state index contributed by atoms with van der Waals surface area (Å²) >= 11 is 6.22. The van der Waals surface area contributed by atoms with Gasteiger partial charge in [-0.3, -0.25) is 0 Å². The van der Waals surface area contributed by atoms with Gasteiger partial charge in [-0.05, 0) is 32.8 Å². The van der Waals surface area contributed by atoms with Crippen molar-refractivity contribution in [3.63, 3.8) is 0 Å². The zero-order chi connectivity index (χ0) is 13.3. The highest BCUT2D eigenvalue weighted by atomic mass is 35.5. The first-order valence-electron chi connectivity index (χ1n) is 6.13. The van der Waals surface area contributed by atoms with Gasteiger partial charge in [0.25, 0.3) is 0 Å². The van der Waals surface area contributed by atoms with Gasteiger partial charge in [-0.1, -0.05) is 42.3 Å². The number of rotatable bonds is 2.